The number of fused-ring (bicyclic) bond motifs is 3. The maximum absolute atomic E-state index is 12.3. The Balaban J connectivity index is 1.32. The van der Waals surface area contributed by atoms with Crippen LogP contribution in [0.3, 0.4) is 0 Å². The summed E-state index contributed by atoms with van der Waals surface area (Å²) in [5, 5.41) is 3.10. The Kier molecular flexibility index (Phi) is 3.17. The minimum atomic E-state index is 0.262. The second-order valence-electron chi connectivity index (χ2n) is 6.52. The van der Waals surface area contributed by atoms with Crippen LogP contribution in [0.1, 0.15) is 31.5 Å². The third-order valence-corrected chi connectivity index (χ3v) is 5.17. The molecule has 110 valence electrons. The molecule has 2 bridgehead atoms. The van der Waals surface area contributed by atoms with Crippen LogP contribution in [-0.4, -0.2) is 22.4 Å². The first-order chi connectivity index (χ1) is 10.3. The first-order valence-electron chi connectivity index (χ1n) is 8.01. The molecule has 1 heterocycles. The molecule has 0 unspecified atom stereocenters. The monoisotopic (exact) mass is 283 g/mol. The summed E-state index contributed by atoms with van der Waals surface area (Å²) < 4.78 is 0. The van der Waals surface area contributed by atoms with Crippen molar-refractivity contribution in [3.05, 3.63) is 30.1 Å². The number of aromatic amines is 1. The van der Waals surface area contributed by atoms with Crippen LogP contribution in [0, 0.1) is 17.8 Å². The van der Waals surface area contributed by atoms with Gasteiger partial charge in [0.1, 0.15) is 5.82 Å². The van der Waals surface area contributed by atoms with E-state index in [9.17, 15) is 4.79 Å². The Morgan fingerprint density at radius 1 is 1.29 bits per heavy atom. The summed E-state index contributed by atoms with van der Waals surface area (Å²) in [4.78, 5) is 20.1. The lowest BCUT2D eigenvalue weighted by atomic mass is 9.88. The summed E-state index contributed by atoms with van der Waals surface area (Å²) in [7, 11) is 0. The van der Waals surface area contributed by atoms with Gasteiger partial charge in [-0.15, -0.1) is 0 Å². The first kappa shape index (κ1) is 12.9. The smallest absolute Gasteiger partial charge is 0.223 e. The number of imidazole rings is 1. The van der Waals surface area contributed by atoms with Crippen molar-refractivity contribution in [1.29, 1.82) is 0 Å². The van der Waals surface area contributed by atoms with Crippen molar-refractivity contribution in [1.82, 2.24) is 15.3 Å². The van der Waals surface area contributed by atoms with Crippen molar-refractivity contribution in [3.63, 3.8) is 0 Å². The molecule has 2 N–H and O–H groups in total. The van der Waals surface area contributed by atoms with Gasteiger partial charge in [-0.25, -0.2) is 4.98 Å². The zero-order valence-electron chi connectivity index (χ0n) is 12.1. The van der Waals surface area contributed by atoms with Gasteiger partial charge in [0, 0.05) is 18.9 Å². The molecule has 0 radical (unpaired) electrons. The summed E-state index contributed by atoms with van der Waals surface area (Å²) in [6, 6.07) is 8.02. The molecule has 2 aliphatic rings. The van der Waals surface area contributed by atoms with Gasteiger partial charge in [-0.1, -0.05) is 18.6 Å². The molecule has 2 aromatic rings. The fourth-order valence-electron chi connectivity index (χ4n) is 4.13. The van der Waals surface area contributed by atoms with Gasteiger partial charge >= 0.3 is 0 Å². The van der Waals surface area contributed by atoms with Crippen LogP contribution in [-0.2, 0) is 11.2 Å². The van der Waals surface area contributed by atoms with Crippen molar-refractivity contribution < 1.29 is 4.79 Å². The van der Waals surface area contributed by atoms with Crippen LogP contribution in [0.4, 0.5) is 0 Å². The van der Waals surface area contributed by atoms with Crippen molar-refractivity contribution in [2.24, 2.45) is 17.8 Å². The Morgan fingerprint density at radius 2 is 2.19 bits per heavy atom. The van der Waals surface area contributed by atoms with Gasteiger partial charge in [0.05, 0.1) is 11.0 Å². The van der Waals surface area contributed by atoms with Crippen LogP contribution in [0.15, 0.2) is 24.3 Å². The van der Waals surface area contributed by atoms with Crippen molar-refractivity contribution in [2.45, 2.75) is 32.1 Å². The highest BCUT2D eigenvalue weighted by molar-refractivity contribution is 5.79. The lowest BCUT2D eigenvalue weighted by molar-refractivity contribution is -0.126. The van der Waals surface area contributed by atoms with Crippen LogP contribution in [0.5, 0.6) is 0 Å². The van der Waals surface area contributed by atoms with Gasteiger partial charge in [-0.3, -0.25) is 4.79 Å². The number of rotatable bonds is 4. The van der Waals surface area contributed by atoms with E-state index in [0.717, 1.165) is 35.6 Å². The van der Waals surface area contributed by atoms with E-state index in [4.69, 9.17) is 0 Å². The lowest BCUT2D eigenvalue weighted by Crippen LogP contribution is -2.34. The van der Waals surface area contributed by atoms with E-state index in [2.05, 4.69) is 15.3 Å². The van der Waals surface area contributed by atoms with E-state index in [1.165, 1.54) is 19.3 Å². The second-order valence-corrected chi connectivity index (χ2v) is 6.52. The Bertz CT molecular complexity index is 630. The van der Waals surface area contributed by atoms with Gasteiger partial charge in [0.15, 0.2) is 0 Å². The third-order valence-electron chi connectivity index (χ3n) is 5.17. The summed E-state index contributed by atoms with van der Waals surface area (Å²) in [5.41, 5.74) is 2.05. The second kappa shape index (κ2) is 5.17. The van der Waals surface area contributed by atoms with E-state index < -0.39 is 0 Å². The number of nitrogens with one attached hydrogen (secondary N) is 2. The third kappa shape index (κ3) is 2.43. The summed E-state index contributed by atoms with van der Waals surface area (Å²) in [6.45, 7) is 0.673. The zero-order valence-corrected chi connectivity index (χ0v) is 12.1. The number of amides is 1. The van der Waals surface area contributed by atoms with Gasteiger partial charge in [0.2, 0.25) is 5.91 Å². The molecular weight excluding hydrogens is 262 g/mol. The number of aromatic nitrogens is 2. The van der Waals surface area contributed by atoms with Gasteiger partial charge < -0.3 is 10.3 Å². The van der Waals surface area contributed by atoms with Crippen LogP contribution in [0.2, 0.25) is 0 Å². The summed E-state index contributed by atoms with van der Waals surface area (Å²) >= 11 is 0. The fraction of sp³-hybridized carbons (Fsp3) is 0.529. The average molecular weight is 283 g/mol. The number of hydrogen-bond acceptors (Lipinski definition) is 2. The number of H-pyrrole nitrogens is 1. The molecular formula is C17H21N3O. The number of benzene rings is 1. The molecule has 4 heteroatoms. The fourth-order valence-corrected chi connectivity index (χ4v) is 4.13. The lowest BCUT2D eigenvalue weighted by Gasteiger charge is -2.20. The van der Waals surface area contributed by atoms with E-state index >= 15 is 0 Å². The molecule has 2 saturated carbocycles. The number of nitrogens with zero attached hydrogens (tertiary/aromatic N) is 1. The molecule has 21 heavy (non-hydrogen) atoms. The standard InChI is InChI=1S/C17H21N3O/c21-17(13-10-11-5-6-12(13)9-11)18-8-7-16-19-14-3-1-2-4-15(14)20-16/h1-4,11-13H,5-10H2,(H,18,21)(H,19,20)/t11-,12-,13+/m0/s1. The van der Waals surface area contributed by atoms with Crippen LogP contribution in [0.25, 0.3) is 11.0 Å². The molecule has 4 rings (SSSR count). The van der Waals surface area contributed by atoms with Gasteiger partial charge in [0.25, 0.3) is 0 Å². The Hall–Kier alpha value is -1.84. The first-order valence-corrected chi connectivity index (χ1v) is 8.01. The maximum atomic E-state index is 12.3. The predicted molar refractivity (Wildman–Crippen MR) is 81.7 cm³/mol. The zero-order chi connectivity index (χ0) is 14.2. The molecule has 2 fully saturated rings. The summed E-state index contributed by atoms with van der Waals surface area (Å²) in [6.07, 6.45) is 5.75. The molecule has 0 aliphatic heterocycles. The normalized spacial score (nSPS) is 27.3. The topological polar surface area (TPSA) is 57.8 Å². The minimum Gasteiger partial charge on any atom is -0.355 e. The molecule has 3 atom stereocenters. The van der Waals surface area contributed by atoms with Crippen molar-refractivity contribution in [3.8, 4) is 0 Å². The molecule has 1 aromatic carbocycles. The Labute approximate surface area is 124 Å². The number of hydrogen-bond donors (Lipinski definition) is 2. The molecule has 2 aliphatic carbocycles. The Morgan fingerprint density at radius 3 is 2.95 bits per heavy atom. The summed E-state index contributed by atoms with van der Waals surface area (Å²) in [5.74, 6) is 2.96. The van der Waals surface area contributed by atoms with E-state index in [-0.39, 0.29) is 11.8 Å². The van der Waals surface area contributed by atoms with Crippen molar-refractivity contribution >= 4 is 16.9 Å². The highest BCUT2D eigenvalue weighted by Crippen LogP contribution is 2.48. The number of carbonyl (C=O) groups excluding carboxylic acids is 1. The van der Waals surface area contributed by atoms with Crippen LogP contribution >= 0.6 is 0 Å². The van der Waals surface area contributed by atoms with Gasteiger partial charge in [-0.2, -0.15) is 0 Å². The van der Waals surface area contributed by atoms with Gasteiger partial charge in [-0.05, 0) is 43.2 Å². The molecule has 1 amide bonds. The van der Waals surface area contributed by atoms with Crippen LogP contribution < -0.4 is 5.32 Å². The number of carbonyl (C=O) groups is 1. The maximum Gasteiger partial charge on any atom is 0.223 e. The molecule has 1 aromatic heterocycles. The largest absolute Gasteiger partial charge is 0.355 e. The van der Waals surface area contributed by atoms with Crippen molar-refractivity contribution in [2.75, 3.05) is 6.54 Å². The molecule has 4 nitrogen and oxygen atoms in total. The quantitative estimate of drug-likeness (QED) is 0.906. The van der Waals surface area contributed by atoms with E-state index in [1.54, 1.807) is 0 Å². The highest BCUT2D eigenvalue weighted by atomic mass is 16.1. The minimum absolute atomic E-state index is 0.262. The molecule has 0 saturated heterocycles. The molecule has 0 spiro atoms. The highest BCUT2D eigenvalue weighted by Gasteiger charge is 2.42. The average Bonchev–Trinajstić information content (AvgIpc) is 3.21. The predicted octanol–water partition coefficient (Wildman–Crippen LogP) is 2.66. The van der Waals surface area contributed by atoms with E-state index in [0.29, 0.717) is 12.5 Å². The SMILES string of the molecule is O=C(NCCc1nc2ccccc2[nH]1)[C@@H]1C[C@H]2CC[C@H]1C2. The number of para-hydroxylation sites is 2. The van der Waals surface area contributed by atoms with E-state index in [1.807, 2.05) is 24.3 Å².